The van der Waals surface area contributed by atoms with E-state index in [0.717, 1.165) is 12.1 Å². The first-order valence-corrected chi connectivity index (χ1v) is 5.58. The molecular formula is C14H9F3O3. The van der Waals surface area contributed by atoms with Gasteiger partial charge < -0.3 is 9.84 Å². The third-order valence-electron chi connectivity index (χ3n) is 2.60. The molecule has 0 atom stereocenters. The fourth-order valence-corrected chi connectivity index (χ4v) is 1.65. The van der Waals surface area contributed by atoms with Gasteiger partial charge in [-0.05, 0) is 18.2 Å². The Balaban J connectivity index is 2.26. The Bertz CT molecular complexity index is 656. The van der Waals surface area contributed by atoms with Gasteiger partial charge in [-0.15, -0.1) is 0 Å². The van der Waals surface area contributed by atoms with Crippen LogP contribution in [0.5, 0.6) is 5.75 Å². The average Bonchev–Trinajstić information content (AvgIpc) is 2.40. The first-order valence-electron chi connectivity index (χ1n) is 5.58. The number of carboxylic acid groups (broad SMARTS) is 1. The van der Waals surface area contributed by atoms with Gasteiger partial charge >= 0.3 is 5.97 Å². The number of rotatable bonds is 4. The molecule has 3 nitrogen and oxygen atoms in total. The van der Waals surface area contributed by atoms with Crippen molar-refractivity contribution in [2.24, 2.45) is 0 Å². The molecule has 0 spiro atoms. The van der Waals surface area contributed by atoms with Crippen LogP contribution in [0.1, 0.15) is 15.9 Å². The van der Waals surface area contributed by atoms with Gasteiger partial charge in [0.1, 0.15) is 23.7 Å². The molecule has 0 heterocycles. The van der Waals surface area contributed by atoms with Gasteiger partial charge in [0.25, 0.3) is 0 Å². The van der Waals surface area contributed by atoms with Crippen LogP contribution in [0.15, 0.2) is 36.4 Å². The third kappa shape index (κ3) is 2.74. The van der Waals surface area contributed by atoms with Crippen LogP contribution in [0, 0.1) is 17.5 Å². The Kier molecular flexibility index (Phi) is 3.93. The molecule has 2 rings (SSSR count). The van der Waals surface area contributed by atoms with Gasteiger partial charge in [-0.3, -0.25) is 0 Å². The van der Waals surface area contributed by atoms with E-state index in [1.54, 1.807) is 0 Å². The smallest absolute Gasteiger partial charge is 0.342 e. The number of benzene rings is 2. The summed E-state index contributed by atoms with van der Waals surface area (Å²) in [6.45, 7) is -0.409. The lowest BCUT2D eigenvalue weighted by molar-refractivity contribution is 0.0686. The lowest BCUT2D eigenvalue weighted by Crippen LogP contribution is -2.07. The Hall–Kier alpha value is -2.50. The van der Waals surface area contributed by atoms with Crippen LogP contribution >= 0.6 is 0 Å². The van der Waals surface area contributed by atoms with Gasteiger partial charge in [-0.2, -0.15) is 0 Å². The predicted molar refractivity (Wildman–Crippen MR) is 64.0 cm³/mol. The van der Waals surface area contributed by atoms with E-state index in [2.05, 4.69) is 0 Å². The Morgan fingerprint density at radius 1 is 1.05 bits per heavy atom. The molecule has 0 aromatic heterocycles. The Labute approximate surface area is 112 Å². The van der Waals surface area contributed by atoms with E-state index in [1.807, 2.05) is 0 Å². The van der Waals surface area contributed by atoms with Crippen molar-refractivity contribution in [1.82, 2.24) is 0 Å². The summed E-state index contributed by atoms with van der Waals surface area (Å²) in [5.41, 5.74) is -0.741. The molecule has 0 radical (unpaired) electrons. The number of ether oxygens (including phenoxy) is 1. The average molecular weight is 282 g/mol. The second-order valence-electron chi connectivity index (χ2n) is 3.92. The fourth-order valence-electron chi connectivity index (χ4n) is 1.65. The number of hydrogen-bond acceptors (Lipinski definition) is 2. The van der Waals surface area contributed by atoms with E-state index < -0.39 is 35.6 Å². The Morgan fingerprint density at radius 3 is 2.40 bits per heavy atom. The summed E-state index contributed by atoms with van der Waals surface area (Å²) in [6, 6.07) is 7.00. The number of carboxylic acids is 1. The third-order valence-corrected chi connectivity index (χ3v) is 2.60. The highest BCUT2D eigenvalue weighted by molar-refractivity contribution is 5.91. The van der Waals surface area contributed by atoms with Crippen molar-refractivity contribution < 1.29 is 27.8 Å². The van der Waals surface area contributed by atoms with Crippen molar-refractivity contribution in [2.75, 3.05) is 0 Å². The molecule has 20 heavy (non-hydrogen) atoms. The first kappa shape index (κ1) is 13.9. The van der Waals surface area contributed by atoms with Crippen LogP contribution in [0.4, 0.5) is 13.2 Å². The minimum atomic E-state index is -1.50. The van der Waals surface area contributed by atoms with Crippen LogP contribution in [0.3, 0.4) is 0 Å². The second-order valence-corrected chi connectivity index (χ2v) is 3.92. The number of hydrogen-bond donors (Lipinski definition) is 1. The summed E-state index contributed by atoms with van der Waals surface area (Å²) in [5.74, 6) is -4.83. The zero-order chi connectivity index (χ0) is 14.7. The van der Waals surface area contributed by atoms with Gasteiger partial charge in [-0.25, -0.2) is 18.0 Å². The molecule has 0 aliphatic heterocycles. The van der Waals surface area contributed by atoms with Gasteiger partial charge in [0.05, 0.1) is 0 Å². The summed E-state index contributed by atoms with van der Waals surface area (Å²) in [6.07, 6.45) is 0. The lowest BCUT2D eigenvalue weighted by atomic mass is 10.2. The monoisotopic (exact) mass is 282 g/mol. The van der Waals surface area contributed by atoms with Gasteiger partial charge in [0.15, 0.2) is 11.6 Å². The van der Waals surface area contributed by atoms with Crippen LogP contribution in [-0.2, 0) is 6.61 Å². The SMILES string of the molecule is O=C(O)c1c(F)cccc1OCc1cccc(F)c1F. The van der Waals surface area contributed by atoms with E-state index in [-0.39, 0.29) is 11.3 Å². The molecule has 0 saturated carbocycles. The molecule has 1 N–H and O–H groups in total. The lowest BCUT2D eigenvalue weighted by Gasteiger charge is -2.10. The minimum Gasteiger partial charge on any atom is -0.488 e. The zero-order valence-electron chi connectivity index (χ0n) is 10.1. The minimum absolute atomic E-state index is 0.0920. The fraction of sp³-hybridized carbons (Fsp3) is 0.0714. The number of carbonyl (C=O) groups is 1. The van der Waals surface area contributed by atoms with Crippen LogP contribution in [-0.4, -0.2) is 11.1 Å². The maximum atomic E-state index is 13.4. The quantitative estimate of drug-likeness (QED) is 0.935. The molecule has 0 bridgehead atoms. The van der Waals surface area contributed by atoms with Gasteiger partial charge in [-0.1, -0.05) is 18.2 Å². The van der Waals surface area contributed by atoms with E-state index in [1.165, 1.54) is 24.3 Å². The molecule has 0 fully saturated rings. The molecule has 0 unspecified atom stereocenters. The van der Waals surface area contributed by atoms with Gasteiger partial charge in [0, 0.05) is 5.56 Å². The van der Waals surface area contributed by atoms with E-state index in [0.29, 0.717) is 0 Å². The molecule has 2 aromatic rings. The van der Waals surface area contributed by atoms with Crippen LogP contribution in [0.25, 0.3) is 0 Å². The van der Waals surface area contributed by atoms with Gasteiger partial charge in [0.2, 0.25) is 0 Å². The molecule has 104 valence electrons. The topological polar surface area (TPSA) is 46.5 Å². The molecule has 0 amide bonds. The summed E-state index contributed by atoms with van der Waals surface area (Å²) in [7, 11) is 0. The number of aromatic carboxylic acids is 1. The summed E-state index contributed by atoms with van der Waals surface area (Å²) < 4.78 is 44.8. The van der Waals surface area contributed by atoms with Crippen molar-refractivity contribution in [3.63, 3.8) is 0 Å². The van der Waals surface area contributed by atoms with E-state index in [9.17, 15) is 18.0 Å². The summed E-state index contributed by atoms with van der Waals surface area (Å²) in [5, 5.41) is 8.89. The van der Waals surface area contributed by atoms with E-state index >= 15 is 0 Å². The first-order chi connectivity index (χ1) is 9.50. The Morgan fingerprint density at radius 2 is 1.70 bits per heavy atom. The highest BCUT2D eigenvalue weighted by Crippen LogP contribution is 2.23. The zero-order valence-corrected chi connectivity index (χ0v) is 10.1. The second kappa shape index (κ2) is 5.64. The standard InChI is InChI=1S/C14H9F3O3/c15-9-4-2-6-11(12(9)14(18)19)20-7-8-3-1-5-10(16)13(8)17/h1-6H,7H2,(H,18,19). The van der Waals surface area contributed by atoms with Crippen molar-refractivity contribution >= 4 is 5.97 Å². The largest absolute Gasteiger partial charge is 0.488 e. The summed E-state index contributed by atoms with van der Waals surface area (Å²) in [4.78, 5) is 10.9. The normalized spacial score (nSPS) is 10.3. The molecule has 0 aliphatic carbocycles. The van der Waals surface area contributed by atoms with Crippen molar-refractivity contribution in [3.8, 4) is 5.75 Å². The molecule has 0 saturated heterocycles. The summed E-state index contributed by atoms with van der Waals surface area (Å²) >= 11 is 0. The van der Waals surface area contributed by atoms with Crippen LogP contribution in [0.2, 0.25) is 0 Å². The maximum Gasteiger partial charge on any atom is 0.342 e. The maximum absolute atomic E-state index is 13.4. The molecule has 6 heteroatoms. The predicted octanol–water partition coefficient (Wildman–Crippen LogP) is 3.38. The molecule has 2 aromatic carbocycles. The van der Waals surface area contributed by atoms with Crippen molar-refractivity contribution in [2.45, 2.75) is 6.61 Å². The van der Waals surface area contributed by atoms with E-state index in [4.69, 9.17) is 9.84 Å². The van der Waals surface area contributed by atoms with Crippen molar-refractivity contribution in [3.05, 3.63) is 65.0 Å². The number of halogens is 3. The molecule has 0 aliphatic rings. The highest BCUT2D eigenvalue weighted by Gasteiger charge is 2.17. The van der Waals surface area contributed by atoms with Crippen LogP contribution < -0.4 is 4.74 Å². The van der Waals surface area contributed by atoms with Crippen molar-refractivity contribution in [1.29, 1.82) is 0 Å². The molecular weight excluding hydrogens is 273 g/mol. The highest BCUT2D eigenvalue weighted by atomic mass is 19.2.